The quantitative estimate of drug-likeness (QED) is 0.544. The number of hydrogen-bond acceptors (Lipinski definition) is 3. The van der Waals surface area contributed by atoms with Gasteiger partial charge in [-0.2, -0.15) is 0 Å². The third kappa shape index (κ3) is 4.51. The smallest absolute Gasteiger partial charge is 0.406 e. The van der Waals surface area contributed by atoms with E-state index >= 15 is 0 Å². The molecule has 1 heterocycles. The SMILES string of the molecule is Cl.N=C(N)N1CCC2(CC1)CC2C(N)=Nc1ccc(OC(F)(F)F)cc1. The molecule has 1 spiro atoms. The fraction of sp³-hybridized carbons (Fsp3) is 0.500. The van der Waals surface area contributed by atoms with Crippen molar-refractivity contribution in [2.24, 2.45) is 27.8 Å². The van der Waals surface area contributed by atoms with Crippen molar-refractivity contribution in [1.82, 2.24) is 4.90 Å². The van der Waals surface area contributed by atoms with Crippen molar-refractivity contribution < 1.29 is 17.9 Å². The number of ether oxygens (including phenoxy) is 1. The summed E-state index contributed by atoms with van der Waals surface area (Å²) < 4.78 is 40.3. The van der Waals surface area contributed by atoms with Gasteiger partial charge in [-0.3, -0.25) is 5.41 Å². The van der Waals surface area contributed by atoms with Crippen LogP contribution in [0.2, 0.25) is 0 Å². The summed E-state index contributed by atoms with van der Waals surface area (Å²) in [5.74, 6) is 0.479. The van der Waals surface area contributed by atoms with Gasteiger partial charge in [0.2, 0.25) is 0 Å². The summed E-state index contributed by atoms with van der Waals surface area (Å²) in [7, 11) is 0. The third-order valence-electron chi connectivity index (χ3n) is 4.98. The molecule has 0 radical (unpaired) electrons. The number of nitrogens with two attached hydrogens (primary N) is 2. The fourth-order valence-corrected chi connectivity index (χ4v) is 3.46. The van der Waals surface area contributed by atoms with Crippen molar-refractivity contribution in [2.45, 2.75) is 25.6 Å². The Kier molecular flexibility index (Phi) is 5.60. The number of benzene rings is 1. The molecular formula is C16H21ClF3N5O. The Morgan fingerprint density at radius 2 is 1.77 bits per heavy atom. The molecule has 1 aliphatic heterocycles. The van der Waals surface area contributed by atoms with Crippen molar-refractivity contribution >= 4 is 29.9 Å². The number of amidine groups is 1. The minimum Gasteiger partial charge on any atom is -0.406 e. The lowest BCUT2D eigenvalue weighted by Gasteiger charge is -2.33. The van der Waals surface area contributed by atoms with Crippen LogP contribution in [-0.2, 0) is 0 Å². The van der Waals surface area contributed by atoms with Gasteiger partial charge in [0.1, 0.15) is 11.6 Å². The molecule has 1 saturated carbocycles. The number of guanidine groups is 1. The van der Waals surface area contributed by atoms with Crippen LogP contribution in [0.15, 0.2) is 29.3 Å². The van der Waals surface area contributed by atoms with E-state index in [1.54, 1.807) is 0 Å². The Morgan fingerprint density at radius 1 is 1.19 bits per heavy atom. The molecule has 1 saturated heterocycles. The number of rotatable bonds is 3. The molecule has 144 valence electrons. The van der Waals surface area contributed by atoms with Gasteiger partial charge in [0, 0.05) is 19.0 Å². The van der Waals surface area contributed by atoms with E-state index in [0.717, 1.165) is 32.4 Å². The highest BCUT2D eigenvalue weighted by Gasteiger charge is 2.56. The van der Waals surface area contributed by atoms with Crippen LogP contribution in [-0.4, -0.2) is 36.1 Å². The number of hydrogen-bond donors (Lipinski definition) is 3. The van der Waals surface area contributed by atoms with E-state index in [0.29, 0.717) is 11.5 Å². The third-order valence-corrected chi connectivity index (χ3v) is 4.98. The van der Waals surface area contributed by atoms with Gasteiger partial charge in [-0.25, -0.2) is 4.99 Å². The van der Waals surface area contributed by atoms with E-state index in [4.69, 9.17) is 16.9 Å². The van der Waals surface area contributed by atoms with Crippen LogP contribution < -0.4 is 16.2 Å². The molecule has 2 fully saturated rings. The summed E-state index contributed by atoms with van der Waals surface area (Å²) in [5, 5.41) is 7.47. The average Bonchev–Trinajstić information content (AvgIpc) is 3.22. The van der Waals surface area contributed by atoms with Crippen LogP contribution >= 0.6 is 12.4 Å². The standard InChI is InChI=1S/C16H20F3N5O.ClH/c17-16(18,19)25-11-3-1-10(2-4-11)23-13(20)12-9-15(12)5-7-24(8-6-15)14(21)22;/h1-4,12H,5-9H2,(H2,20,23)(H3,21,22);1H. The summed E-state index contributed by atoms with van der Waals surface area (Å²) in [4.78, 5) is 6.18. The van der Waals surface area contributed by atoms with Crippen molar-refractivity contribution in [1.29, 1.82) is 5.41 Å². The van der Waals surface area contributed by atoms with E-state index in [1.165, 1.54) is 24.3 Å². The first kappa shape index (κ1) is 20.2. The second kappa shape index (κ2) is 7.22. The van der Waals surface area contributed by atoms with Gasteiger partial charge in [-0.15, -0.1) is 25.6 Å². The predicted molar refractivity (Wildman–Crippen MR) is 94.9 cm³/mol. The number of halogens is 4. The minimum atomic E-state index is -4.71. The number of piperidine rings is 1. The normalized spacial score (nSPS) is 21.9. The molecule has 1 unspecified atom stereocenters. The van der Waals surface area contributed by atoms with Crippen LogP contribution in [0, 0.1) is 16.7 Å². The number of nitrogens with one attached hydrogen (secondary N) is 1. The second-order valence-corrected chi connectivity index (χ2v) is 6.57. The van der Waals surface area contributed by atoms with Crippen molar-refractivity contribution in [3.8, 4) is 5.75 Å². The first-order valence-corrected chi connectivity index (χ1v) is 7.97. The van der Waals surface area contributed by atoms with E-state index < -0.39 is 6.36 Å². The minimum absolute atomic E-state index is 0. The van der Waals surface area contributed by atoms with E-state index in [1.807, 2.05) is 4.90 Å². The highest BCUT2D eigenvalue weighted by atomic mass is 35.5. The lowest BCUT2D eigenvalue weighted by molar-refractivity contribution is -0.274. The average molecular weight is 392 g/mol. The Bertz CT molecular complexity index is 684. The summed E-state index contributed by atoms with van der Waals surface area (Å²) in [5.41, 5.74) is 12.2. The summed E-state index contributed by atoms with van der Waals surface area (Å²) in [6.45, 7) is 1.48. The summed E-state index contributed by atoms with van der Waals surface area (Å²) >= 11 is 0. The predicted octanol–water partition coefficient (Wildman–Crippen LogP) is 2.99. The zero-order valence-corrected chi connectivity index (χ0v) is 14.7. The van der Waals surface area contributed by atoms with Gasteiger partial charge in [0.25, 0.3) is 0 Å². The lowest BCUT2D eigenvalue weighted by atomic mass is 9.90. The highest BCUT2D eigenvalue weighted by molar-refractivity contribution is 5.88. The van der Waals surface area contributed by atoms with Gasteiger partial charge >= 0.3 is 6.36 Å². The maximum absolute atomic E-state index is 12.2. The topological polar surface area (TPSA) is 101 Å². The zero-order chi connectivity index (χ0) is 18.2. The molecule has 6 nitrogen and oxygen atoms in total. The molecule has 2 aliphatic rings. The van der Waals surface area contributed by atoms with Crippen molar-refractivity contribution in [3.05, 3.63) is 24.3 Å². The Hall–Kier alpha value is -2.16. The Morgan fingerprint density at radius 3 is 2.27 bits per heavy atom. The maximum Gasteiger partial charge on any atom is 0.573 e. The molecule has 0 aromatic heterocycles. The van der Waals surface area contributed by atoms with Crippen LogP contribution in [0.4, 0.5) is 18.9 Å². The molecule has 5 N–H and O–H groups in total. The van der Waals surface area contributed by atoms with Crippen LogP contribution in [0.25, 0.3) is 0 Å². The lowest BCUT2D eigenvalue weighted by Crippen LogP contribution is -2.43. The first-order chi connectivity index (χ1) is 11.7. The zero-order valence-electron chi connectivity index (χ0n) is 13.9. The van der Waals surface area contributed by atoms with Gasteiger partial charge in [0.15, 0.2) is 5.96 Å². The molecule has 10 heteroatoms. The summed E-state index contributed by atoms with van der Waals surface area (Å²) in [6.07, 6.45) is -1.94. The van der Waals surface area contributed by atoms with Gasteiger partial charge < -0.3 is 21.1 Å². The monoisotopic (exact) mass is 391 g/mol. The summed E-state index contributed by atoms with van der Waals surface area (Å²) in [6, 6.07) is 5.32. The van der Waals surface area contributed by atoms with Crippen LogP contribution in [0.1, 0.15) is 19.3 Å². The second-order valence-electron chi connectivity index (χ2n) is 6.57. The molecule has 0 bridgehead atoms. The number of likely N-dealkylation sites (tertiary alicyclic amines) is 1. The number of alkyl halides is 3. The van der Waals surface area contributed by atoms with Crippen LogP contribution in [0.5, 0.6) is 5.75 Å². The highest BCUT2D eigenvalue weighted by Crippen LogP contribution is 2.59. The van der Waals surface area contributed by atoms with Crippen molar-refractivity contribution in [2.75, 3.05) is 13.1 Å². The molecule has 1 aliphatic carbocycles. The molecule has 0 amide bonds. The molecule has 1 atom stereocenters. The molecule has 1 aromatic carbocycles. The fourth-order valence-electron chi connectivity index (χ4n) is 3.46. The molecular weight excluding hydrogens is 371 g/mol. The first-order valence-electron chi connectivity index (χ1n) is 7.97. The van der Waals surface area contributed by atoms with Gasteiger partial charge in [0.05, 0.1) is 5.69 Å². The number of aliphatic imine (C=N–C) groups is 1. The molecule has 26 heavy (non-hydrogen) atoms. The van der Waals surface area contributed by atoms with Crippen molar-refractivity contribution in [3.63, 3.8) is 0 Å². The van der Waals surface area contributed by atoms with E-state index in [9.17, 15) is 13.2 Å². The Labute approximate surface area is 155 Å². The van der Waals surface area contributed by atoms with Gasteiger partial charge in [-0.1, -0.05) is 0 Å². The maximum atomic E-state index is 12.2. The van der Waals surface area contributed by atoms with Gasteiger partial charge in [-0.05, 0) is 48.9 Å². The van der Waals surface area contributed by atoms with E-state index in [2.05, 4.69) is 9.73 Å². The Balaban J connectivity index is 0.00000243. The van der Waals surface area contributed by atoms with E-state index in [-0.39, 0.29) is 35.4 Å². The number of nitrogens with zero attached hydrogens (tertiary/aromatic N) is 2. The largest absolute Gasteiger partial charge is 0.573 e. The molecule has 1 aromatic rings. The molecule has 3 rings (SSSR count). The van der Waals surface area contributed by atoms with Crippen LogP contribution in [0.3, 0.4) is 0 Å².